The Kier molecular flexibility index (Phi) is 11.6. The van der Waals surface area contributed by atoms with Crippen LogP contribution >= 0.6 is 0 Å². The van der Waals surface area contributed by atoms with Crippen molar-refractivity contribution >= 4 is 16.1 Å². The molecule has 0 unspecified atom stereocenters. The molecule has 11 heteroatoms. The number of benzene rings is 1. The Labute approximate surface area is 209 Å². The highest BCUT2D eigenvalue weighted by atomic mass is 32.2. The van der Waals surface area contributed by atoms with Crippen LogP contribution in [0.15, 0.2) is 30.3 Å². The maximum absolute atomic E-state index is 12.9. The Bertz CT molecular complexity index is 992. The molecule has 35 heavy (non-hydrogen) atoms. The fourth-order valence-corrected chi connectivity index (χ4v) is 4.97. The lowest BCUT2D eigenvalue weighted by molar-refractivity contribution is 0.203. The van der Waals surface area contributed by atoms with Gasteiger partial charge in [0.1, 0.15) is 5.82 Å². The molecule has 1 aromatic heterocycles. The number of rotatable bonds is 15. The third-order valence-electron chi connectivity index (χ3n) is 5.68. The van der Waals surface area contributed by atoms with Gasteiger partial charge in [-0.2, -0.15) is 5.10 Å². The van der Waals surface area contributed by atoms with E-state index in [9.17, 15) is 13.2 Å². The van der Waals surface area contributed by atoms with Crippen molar-refractivity contribution in [2.24, 2.45) is 0 Å². The Hall–Kier alpha value is -2.50. The monoisotopic (exact) mass is 507 g/mol. The van der Waals surface area contributed by atoms with Crippen molar-refractivity contribution in [3.63, 3.8) is 0 Å². The molecule has 2 amide bonds. The lowest BCUT2D eigenvalue weighted by atomic mass is 10.1. The van der Waals surface area contributed by atoms with E-state index in [1.54, 1.807) is 7.05 Å². The second-order valence-electron chi connectivity index (χ2n) is 8.99. The number of nitrogens with zero attached hydrogens (tertiary/aromatic N) is 4. The number of aromatic amines is 1. The van der Waals surface area contributed by atoms with Gasteiger partial charge in [0, 0.05) is 13.1 Å². The molecular formula is C24H41N7O3S. The summed E-state index contributed by atoms with van der Waals surface area (Å²) in [5, 5.41) is 9.94. The fraction of sp³-hybridized carbons (Fsp3) is 0.625. The normalized spacial score (nSPS) is 12.8. The third-order valence-corrected chi connectivity index (χ3v) is 7.15. The van der Waals surface area contributed by atoms with Crippen LogP contribution < -0.4 is 10.0 Å². The van der Waals surface area contributed by atoms with Gasteiger partial charge in [0.05, 0.1) is 18.3 Å². The quantitative estimate of drug-likeness (QED) is 0.341. The summed E-state index contributed by atoms with van der Waals surface area (Å²) in [6, 6.07) is 9.16. The van der Waals surface area contributed by atoms with Gasteiger partial charge in [0.25, 0.3) is 0 Å². The Morgan fingerprint density at radius 2 is 1.83 bits per heavy atom. The smallest absolute Gasteiger partial charge is 0.317 e. The molecule has 3 N–H and O–H groups in total. The standard InChI is InChI=1S/C24H41N7O3S/c1-6-31(7-2)16-11-17-35(33,34)29-21(15-14-20-12-9-8-10-13-20)23-26-22(27-28-23)18-30(5)24(32)25-19(3)4/h8-10,12-13,19,21,29H,6-7,11,14-18H2,1-5H3,(H,25,32)(H,26,27,28)/t21-/m1/s1. The molecule has 2 rings (SSSR count). The van der Waals surface area contributed by atoms with Crippen LogP contribution in [0.3, 0.4) is 0 Å². The zero-order valence-corrected chi connectivity index (χ0v) is 22.4. The average molecular weight is 508 g/mol. The van der Waals surface area contributed by atoms with Gasteiger partial charge in [-0.05, 0) is 58.3 Å². The van der Waals surface area contributed by atoms with Crippen LogP contribution in [0.1, 0.15) is 63.8 Å². The number of nitrogens with one attached hydrogen (secondary N) is 3. The van der Waals surface area contributed by atoms with Crippen LogP contribution in [0.5, 0.6) is 0 Å². The van der Waals surface area contributed by atoms with E-state index in [4.69, 9.17) is 0 Å². The summed E-state index contributed by atoms with van der Waals surface area (Å²) in [4.78, 5) is 20.4. The summed E-state index contributed by atoms with van der Waals surface area (Å²) in [7, 11) is -1.86. The molecule has 0 aliphatic rings. The molecule has 0 bridgehead atoms. The van der Waals surface area contributed by atoms with Gasteiger partial charge in [0.15, 0.2) is 5.82 Å². The van der Waals surface area contributed by atoms with E-state index < -0.39 is 16.1 Å². The second kappa shape index (κ2) is 14.2. The van der Waals surface area contributed by atoms with Gasteiger partial charge >= 0.3 is 6.03 Å². The molecule has 0 saturated heterocycles. The topological polar surface area (TPSA) is 123 Å². The van der Waals surface area contributed by atoms with Crippen molar-refractivity contribution in [1.29, 1.82) is 0 Å². The summed E-state index contributed by atoms with van der Waals surface area (Å²) in [6.07, 6.45) is 1.76. The van der Waals surface area contributed by atoms with Crippen LogP contribution in [0.2, 0.25) is 0 Å². The maximum atomic E-state index is 12.9. The highest BCUT2D eigenvalue weighted by molar-refractivity contribution is 7.89. The minimum atomic E-state index is -3.53. The predicted octanol–water partition coefficient (Wildman–Crippen LogP) is 2.68. The highest BCUT2D eigenvalue weighted by Crippen LogP contribution is 2.18. The molecule has 1 aromatic carbocycles. The molecular weight excluding hydrogens is 466 g/mol. The minimum absolute atomic E-state index is 0.0196. The predicted molar refractivity (Wildman–Crippen MR) is 138 cm³/mol. The molecule has 0 fully saturated rings. The maximum Gasteiger partial charge on any atom is 0.317 e. The van der Waals surface area contributed by atoms with Crippen molar-refractivity contribution in [3.05, 3.63) is 47.5 Å². The number of hydrogen-bond acceptors (Lipinski definition) is 6. The van der Waals surface area contributed by atoms with E-state index >= 15 is 0 Å². The molecule has 1 atom stereocenters. The van der Waals surface area contributed by atoms with E-state index in [0.717, 1.165) is 25.2 Å². The summed E-state index contributed by atoms with van der Waals surface area (Å²) in [5.74, 6) is 0.914. The third kappa shape index (κ3) is 10.3. The number of H-pyrrole nitrogens is 1. The molecule has 196 valence electrons. The molecule has 0 aliphatic heterocycles. The fourth-order valence-electron chi connectivity index (χ4n) is 3.68. The van der Waals surface area contributed by atoms with Gasteiger partial charge in [-0.1, -0.05) is 44.2 Å². The number of sulfonamides is 1. The van der Waals surface area contributed by atoms with Crippen LogP contribution in [0, 0.1) is 0 Å². The van der Waals surface area contributed by atoms with E-state index in [1.165, 1.54) is 4.90 Å². The second-order valence-corrected chi connectivity index (χ2v) is 10.9. The van der Waals surface area contributed by atoms with Crippen LogP contribution in [0.4, 0.5) is 4.79 Å². The van der Waals surface area contributed by atoms with Gasteiger partial charge in [-0.15, -0.1) is 0 Å². The molecule has 10 nitrogen and oxygen atoms in total. The number of urea groups is 1. The van der Waals surface area contributed by atoms with Crippen LogP contribution in [-0.2, 0) is 23.0 Å². The van der Waals surface area contributed by atoms with Crippen molar-refractivity contribution in [3.8, 4) is 0 Å². The summed E-state index contributed by atoms with van der Waals surface area (Å²) in [6.45, 7) is 10.7. The summed E-state index contributed by atoms with van der Waals surface area (Å²) >= 11 is 0. The van der Waals surface area contributed by atoms with Crippen molar-refractivity contribution in [2.45, 2.75) is 65.6 Å². The first kappa shape index (κ1) is 28.7. The van der Waals surface area contributed by atoms with Gasteiger partial charge in [-0.3, -0.25) is 5.10 Å². The van der Waals surface area contributed by atoms with Crippen LogP contribution in [0.25, 0.3) is 0 Å². The largest absolute Gasteiger partial charge is 0.336 e. The summed E-state index contributed by atoms with van der Waals surface area (Å²) < 4.78 is 28.6. The molecule has 2 aromatic rings. The lowest BCUT2D eigenvalue weighted by Gasteiger charge is -2.19. The van der Waals surface area contributed by atoms with E-state index in [1.807, 2.05) is 44.2 Å². The molecule has 0 radical (unpaired) electrons. The van der Waals surface area contributed by atoms with Crippen LogP contribution in [-0.4, -0.2) is 77.9 Å². The molecule has 0 saturated carbocycles. The Morgan fingerprint density at radius 3 is 2.46 bits per heavy atom. The molecule has 0 aliphatic carbocycles. The highest BCUT2D eigenvalue weighted by Gasteiger charge is 2.23. The zero-order chi connectivity index (χ0) is 25.8. The number of aryl methyl sites for hydroxylation is 1. The SMILES string of the molecule is CCN(CC)CCCS(=O)(=O)N[C@H](CCc1ccccc1)c1nc(CN(C)C(=O)NC(C)C)n[nH]1. The lowest BCUT2D eigenvalue weighted by Crippen LogP contribution is -2.40. The Morgan fingerprint density at radius 1 is 1.14 bits per heavy atom. The number of amides is 2. The first-order chi connectivity index (χ1) is 16.6. The van der Waals surface area contributed by atoms with Gasteiger partial charge < -0.3 is 15.1 Å². The minimum Gasteiger partial charge on any atom is -0.336 e. The van der Waals surface area contributed by atoms with E-state index in [0.29, 0.717) is 30.9 Å². The number of carbonyl (C=O) groups is 1. The Balaban J connectivity index is 2.10. The van der Waals surface area contributed by atoms with Gasteiger partial charge in [-0.25, -0.2) is 22.9 Å². The number of carbonyl (C=O) groups excluding carboxylic acids is 1. The average Bonchev–Trinajstić information content (AvgIpc) is 3.28. The number of hydrogen-bond donors (Lipinski definition) is 3. The summed E-state index contributed by atoms with van der Waals surface area (Å²) in [5.41, 5.74) is 1.11. The molecule has 0 spiro atoms. The van der Waals surface area contributed by atoms with Crippen molar-refractivity contribution < 1.29 is 13.2 Å². The number of aromatic nitrogens is 3. The van der Waals surface area contributed by atoms with Crippen molar-refractivity contribution in [2.75, 3.05) is 32.4 Å². The zero-order valence-electron chi connectivity index (χ0n) is 21.6. The van der Waals surface area contributed by atoms with Gasteiger partial charge in [0.2, 0.25) is 10.0 Å². The van der Waals surface area contributed by atoms with E-state index in [2.05, 4.69) is 44.0 Å². The first-order valence-electron chi connectivity index (χ1n) is 12.3. The van der Waals surface area contributed by atoms with E-state index in [-0.39, 0.29) is 24.4 Å². The molecule has 1 heterocycles. The first-order valence-corrected chi connectivity index (χ1v) is 14.0. The van der Waals surface area contributed by atoms with Crippen molar-refractivity contribution in [1.82, 2.24) is 35.0 Å².